The summed E-state index contributed by atoms with van der Waals surface area (Å²) in [5.74, 6) is -0.536. The maximum atomic E-state index is 13.0. The zero-order valence-corrected chi connectivity index (χ0v) is 21.1. The van der Waals surface area contributed by atoms with Crippen molar-refractivity contribution in [3.63, 3.8) is 0 Å². The van der Waals surface area contributed by atoms with Gasteiger partial charge in [-0.05, 0) is 61.7 Å². The van der Waals surface area contributed by atoms with Crippen LogP contribution in [-0.2, 0) is 0 Å². The topological polar surface area (TPSA) is 98.5 Å². The minimum atomic E-state index is -0.630. The summed E-state index contributed by atoms with van der Waals surface area (Å²) in [5.41, 5.74) is 11.0. The van der Waals surface area contributed by atoms with Crippen molar-refractivity contribution in [2.45, 2.75) is 26.7 Å². The molecule has 1 atom stereocenters. The fraction of sp³-hybridized carbons (Fsp3) is 0.143. The molecule has 1 aliphatic rings. The molecule has 2 heterocycles. The number of nitriles is 1. The molecule has 5 rings (SSSR count). The molecule has 0 aliphatic carbocycles. The van der Waals surface area contributed by atoms with Gasteiger partial charge in [0.05, 0.1) is 5.92 Å². The number of hydrogen-bond donors (Lipinski definition) is 1. The first-order valence-electron chi connectivity index (χ1n) is 11.1. The molecule has 8 heteroatoms. The monoisotopic (exact) mass is 518 g/mol. The molecule has 1 unspecified atom stereocenters. The summed E-state index contributed by atoms with van der Waals surface area (Å²) < 4.78 is 17.2. The molecule has 0 radical (unpaired) electrons. The number of hydrogen-bond acceptors (Lipinski definition) is 6. The highest BCUT2D eigenvalue weighted by Gasteiger charge is 2.32. The minimum Gasteiger partial charge on any atom is -0.449 e. The summed E-state index contributed by atoms with van der Waals surface area (Å²) in [6.45, 7) is 5.78. The van der Waals surface area contributed by atoms with Crippen molar-refractivity contribution in [2.75, 3.05) is 0 Å². The normalized spacial score (nSPS) is 14.8. The number of ether oxygens (including phenoxy) is 2. The summed E-state index contributed by atoms with van der Waals surface area (Å²) >= 11 is 12.5. The number of furan rings is 1. The molecular weight excluding hydrogens is 499 g/mol. The molecule has 0 spiro atoms. The number of esters is 1. The number of carbonyl (C=O) groups is 1. The van der Waals surface area contributed by atoms with Gasteiger partial charge < -0.3 is 19.6 Å². The van der Waals surface area contributed by atoms with Gasteiger partial charge in [-0.1, -0.05) is 41.4 Å². The molecule has 4 aromatic rings. The van der Waals surface area contributed by atoms with Gasteiger partial charge in [-0.2, -0.15) is 5.26 Å². The second-order valence-corrected chi connectivity index (χ2v) is 9.53. The highest BCUT2D eigenvalue weighted by Crippen LogP contribution is 2.45. The van der Waals surface area contributed by atoms with Crippen LogP contribution in [0.25, 0.3) is 11.0 Å². The van der Waals surface area contributed by atoms with Gasteiger partial charge >= 0.3 is 5.97 Å². The van der Waals surface area contributed by atoms with E-state index in [4.69, 9.17) is 42.8 Å². The van der Waals surface area contributed by atoms with E-state index in [1.165, 1.54) is 0 Å². The first kappa shape index (κ1) is 23.8. The number of rotatable bonds is 3. The van der Waals surface area contributed by atoms with E-state index in [2.05, 4.69) is 6.07 Å². The lowest BCUT2D eigenvalue weighted by Gasteiger charge is -2.27. The van der Waals surface area contributed by atoms with E-state index in [1.807, 2.05) is 32.9 Å². The van der Waals surface area contributed by atoms with Crippen LogP contribution in [0.5, 0.6) is 11.5 Å². The Bertz CT molecular complexity index is 1650. The van der Waals surface area contributed by atoms with Crippen molar-refractivity contribution < 1.29 is 18.7 Å². The molecule has 6 nitrogen and oxygen atoms in total. The molecule has 0 fully saturated rings. The average Bonchev–Trinajstić information content (AvgIpc) is 3.14. The standard InChI is InChI=1S/C28H20Cl2N2O4/c1-13-8-14(2)24-15(3)26(35-23(24)9-13)28(33)34-17-5-7-19-22(11-17)36-27(32)20(12-31)25(19)18-6-4-16(29)10-21(18)30/h4-11,25H,32H2,1-3H3. The summed E-state index contributed by atoms with van der Waals surface area (Å²) in [5, 5.41) is 11.5. The second kappa shape index (κ2) is 8.94. The molecule has 0 bridgehead atoms. The molecule has 0 amide bonds. The Morgan fingerprint density at radius 3 is 2.53 bits per heavy atom. The van der Waals surface area contributed by atoms with Gasteiger partial charge in [0.1, 0.15) is 28.7 Å². The van der Waals surface area contributed by atoms with Gasteiger partial charge in [0.25, 0.3) is 0 Å². The maximum absolute atomic E-state index is 13.0. The predicted molar refractivity (Wildman–Crippen MR) is 138 cm³/mol. The summed E-state index contributed by atoms with van der Waals surface area (Å²) in [4.78, 5) is 13.0. The van der Waals surface area contributed by atoms with Crippen molar-refractivity contribution in [3.05, 3.63) is 104 Å². The molecule has 180 valence electrons. The Morgan fingerprint density at radius 2 is 1.81 bits per heavy atom. The number of benzene rings is 3. The Kier molecular flexibility index (Phi) is 5.91. The minimum absolute atomic E-state index is 0.0523. The number of fused-ring (bicyclic) bond motifs is 2. The van der Waals surface area contributed by atoms with Crippen LogP contribution in [0, 0.1) is 32.1 Å². The van der Waals surface area contributed by atoms with Gasteiger partial charge in [-0.15, -0.1) is 0 Å². The van der Waals surface area contributed by atoms with Crippen LogP contribution in [0.15, 0.2) is 64.4 Å². The average molecular weight is 519 g/mol. The zero-order chi connectivity index (χ0) is 25.7. The fourth-order valence-corrected chi connectivity index (χ4v) is 5.21. The van der Waals surface area contributed by atoms with E-state index in [1.54, 1.807) is 36.4 Å². The van der Waals surface area contributed by atoms with Gasteiger partial charge in [0.15, 0.2) is 0 Å². The van der Waals surface area contributed by atoms with E-state index >= 15 is 0 Å². The number of nitrogens with two attached hydrogens (primary N) is 1. The summed E-state index contributed by atoms with van der Waals surface area (Å²) in [6, 6.07) is 16.0. The molecule has 36 heavy (non-hydrogen) atoms. The summed E-state index contributed by atoms with van der Waals surface area (Å²) in [7, 11) is 0. The van der Waals surface area contributed by atoms with Crippen LogP contribution in [0.2, 0.25) is 10.0 Å². The van der Waals surface area contributed by atoms with E-state index in [0.29, 0.717) is 38.1 Å². The lowest BCUT2D eigenvalue weighted by atomic mass is 9.83. The largest absolute Gasteiger partial charge is 0.449 e. The highest BCUT2D eigenvalue weighted by molar-refractivity contribution is 6.35. The molecule has 1 aliphatic heterocycles. The molecule has 1 aromatic heterocycles. The Balaban J connectivity index is 1.51. The number of nitrogens with zero attached hydrogens (tertiary/aromatic N) is 1. The lowest BCUT2D eigenvalue weighted by Crippen LogP contribution is -2.21. The number of carbonyl (C=O) groups excluding carboxylic acids is 1. The molecule has 0 saturated heterocycles. The molecule has 3 aromatic carbocycles. The molecule has 2 N–H and O–H groups in total. The van der Waals surface area contributed by atoms with Gasteiger partial charge in [0.2, 0.25) is 11.6 Å². The van der Waals surface area contributed by atoms with Crippen LogP contribution in [0.3, 0.4) is 0 Å². The lowest BCUT2D eigenvalue weighted by molar-refractivity contribution is 0.0702. The predicted octanol–water partition coefficient (Wildman–Crippen LogP) is 7.10. The smallest absolute Gasteiger partial charge is 0.379 e. The third-order valence-electron chi connectivity index (χ3n) is 6.23. The first-order valence-corrected chi connectivity index (χ1v) is 11.8. The van der Waals surface area contributed by atoms with Crippen molar-refractivity contribution in [3.8, 4) is 17.6 Å². The van der Waals surface area contributed by atoms with Crippen LogP contribution in [0.1, 0.15) is 44.3 Å². The number of halogens is 2. The van der Waals surface area contributed by atoms with Gasteiger partial charge in [-0.3, -0.25) is 0 Å². The Labute approximate surface area is 217 Å². The first-order chi connectivity index (χ1) is 17.2. The van der Waals surface area contributed by atoms with E-state index in [0.717, 1.165) is 16.5 Å². The Hall–Kier alpha value is -3.92. The number of aryl methyl sites for hydroxylation is 3. The van der Waals surface area contributed by atoms with Crippen LogP contribution in [-0.4, -0.2) is 5.97 Å². The third-order valence-corrected chi connectivity index (χ3v) is 6.79. The SMILES string of the molecule is Cc1cc(C)c2c(C)c(C(=O)Oc3ccc4c(c3)OC(N)=C(C#N)C4c3ccc(Cl)cc3Cl)oc2c1. The molecular formula is C28H20Cl2N2O4. The van der Waals surface area contributed by atoms with Crippen molar-refractivity contribution >= 4 is 40.1 Å². The van der Waals surface area contributed by atoms with Crippen LogP contribution < -0.4 is 15.2 Å². The van der Waals surface area contributed by atoms with Crippen molar-refractivity contribution in [1.82, 2.24) is 0 Å². The van der Waals surface area contributed by atoms with Crippen LogP contribution >= 0.6 is 23.2 Å². The van der Waals surface area contributed by atoms with E-state index in [9.17, 15) is 10.1 Å². The second-order valence-electron chi connectivity index (χ2n) is 8.69. The van der Waals surface area contributed by atoms with Gasteiger partial charge in [0, 0.05) is 32.6 Å². The van der Waals surface area contributed by atoms with Gasteiger partial charge in [-0.25, -0.2) is 4.79 Å². The summed E-state index contributed by atoms with van der Waals surface area (Å²) in [6.07, 6.45) is 0. The third kappa shape index (κ3) is 3.97. The van der Waals surface area contributed by atoms with Crippen molar-refractivity contribution in [1.29, 1.82) is 5.26 Å². The quantitative estimate of drug-likeness (QED) is 0.229. The maximum Gasteiger partial charge on any atom is 0.379 e. The Morgan fingerprint density at radius 1 is 1.06 bits per heavy atom. The van der Waals surface area contributed by atoms with Crippen LogP contribution in [0.4, 0.5) is 0 Å². The van der Waals surface area contributed by atoms with E-state index in [-0.39, 0.29) is 23.0 Å². The van der Waals surface area contributed by atoms with E-state index < -0.39 is 11.9 Å². The highest BCUT2D eigenvalue weighted by atomic mass is 35.5. The number of allylic oxidation sites excluding steroid dienone is 1. The molecule has 0 saturated carbocycles. The zero-order valence-electron chi connectivity index (χ0n) is 19.6. The van der Waals surface area contributed by atoms with Crippen molar-refractivity contribution in [2.24, 2.45) is 5.73 Å². The fourth-order valence-electron chi connectivity index (χ4n) is 4.69.